The maximum Gasteiger partial charge on any atom is 0.0458 e. The molecule has 3 heteroatoms. The monoisotopic (exact) mass is 264 g/mol. The molecule has 78 valence electrons. The summed E-state index contributed by atoms with van der Waals surface area (Å²) in [7, 11) is 0. The van der Waals surface area contributed by atoms with Gasteiger partial charge in [-0.3, -0.25) is 0 Å². The molecule has 1 heterocycles. The van der Waals surface area contributed by atoms with Crippen LogP contribution in [0.25, 0.3) is 10.9 Å². The zero-order valence-electron chi connectivity index (χ0n) is 8.33. The lowest BCUT2D eigenvalue weighted by molar-refractivity contribution is 0.748. The van der Waals surface area contributed by atoms with Gasteiger partial charge in [0.25, 0.3) is 0 Å². The van der Waals surface area contributed by atoms with Gasteiger partial charge in [-0.05, 0) is 30.2 Å². The largest absolute Gasteiger partial charge is 0.361 e. The smallest absolute Gasteiger partial charge is 0.0458 e. The topological polar surface area (TPSA) is 41.8 Å². The molecular weight excluding hydrogens is 252 g/mol. The molecule has 1 aromatic heterocycles. The minimum Gasteiger partial charge on any atom is -0.361 e. The van der Waals surface area contributed by atoms with Gasteiger partial charge < -0.3 is 10.7 Å². The molecule has 1 aromatic carbocycles. The summed E-state index contributed by atoms with van der Waals surface area (Å²) in [6.45, 7) is 3.71. The van der Waals surface area contributed by atoms with E-state index in [2.05, 4.69) is 33.6 Å². The van der Waals surface area contributed by atoms with Crippen molar-refractivity contribution in [1.29, 1.82) is 0 Å². The number of hydrogen-bond donors (Lipinski definition) is 2. The number of hydrogen-bond acceptors (Lipinski definition) is 1. The van der Waals surface area contributed by atoms with E-state index >= 15 is 0 Å². The maximum atomic E-state index is 6.06. The predicted molar refractivity (Wildman–Crippen MR) is 67.7 cm³/mol. The van der Waals surface area contributed by atoms with Gasteiger partial charge in [0.1, 0.15) is 0 Å². The van der Waals surface area contributed by atoms with E-state index in [4.69, 9.17) is 5.73 Å². The Morgan fingerprint density at radius 3 is 3.07 bits per heavy atom. The Morgan fingerprint density at radius 2 is 2.33 bits per heavy atom. The number of halogens is 1. The van der Waals surface area contributed by atoms with Crippen LogP contribution >= 0.6 is 15.9 Å². The fourth-order valence-corrected chi connectivity index (χ4v) is 2.09. The van der Waals surface area contributed by atoms with Gasteiger partial charge in [-0.15, -0.1) is 6.58 Å². The molecule has 0 aliphatic rings. The summed E-state index contributed by atoms with van der Waals surface area (Å²) in [5, 5.41) is 1.18. The van der Waals surface area contributed by atoms with E-state index in [0.717, 1.165) is 22.0 Å². The lowest BCUT2D eigenvalue weighted by Crippen LogP contribution is -2.08. The number of H-pyrrole nitrogens is 1. The summed E-state index contributed by atoms with van der Waals surface area (Å²) < 4.78 is 1.07. The number of rotatable bonds is 3. The first-order valence-electron chi connectivity index (χ1n) is 4.85. The van der Waals surface area contributed by atoms with Crippen LogP contribution in [0.1, 0.15) is 18.0 Å². The van der Waals surface area contributed by atoms with E-state index in [0.29, 0.717) is 0 Å². The van der Waals surface area contributed by atoms with Crippen molar-refractivity contribution >= 4 is 26.8 Å². The molecule has 3 N–H and O–H groups in total. The van der Waals surface area contributed by atoms with Crippen LogP contribution in [0.3, 0.4) is 0 Å². The van der Waals surface area contributed by atoms with Crippen LogP contribution < -0.4 is 5.73 Å². The van der Waals surface area contributed by atoms with Gasteiger partial charge in [0, 0.05) is 27.6 Å². The summed E-state index contributed by atoms with van der Waals surface area (Å²) in [4.78, 5) is 3.22. The zero-order chi connectivity index (χ0) is 10.8. The highest BCUT2D eigenvalue weighted by Gasteiger charge is 2.10. The van der Waals surface area contributed by atoms with Crippen molar-refractivity contribution in [2.75, 3.05) is 0 Å². The zero-order valence-corrected chi connectivity index (χ0v) is 9.92. The first kappa shape index (κ1) is 10.5. The van der Waals surface area contributed by atoms with E-state index < -0.39 is 0 Å². The number of fused-ring (bicyclic) bond motifs is 1. The summed E-state index contributed by atoms with van der Waals surface area (Å²) in [6.07, 6.45) is 4.62. The van der Waals surface area contributed by atoms with Gasteiger partial charge in [-0.2, -0.15) is 0 Å². The van der Waals surface area contributed by atoms with Gasteiger partial charge in [0.2, 0.25) is 0 Å². The van der Waals surface area contributed by atoms with Crippen molar-refractivity contribution in [2.45, 2.75) is 12.5 Å². The Kier molecular flexibility index (Phi) is 2.93. The van der Waals surface area contributed by atoms with Crippen LogP contribution in [0.5, 0.6) is 0 Å². The van der Waals surface area contributed by atoms with Crippen LogP contribution in [0.2, 0.25) is 0 Å². The molecule has 0 fully saturated rings. The fourth-order valence-electron chi connectivity index (χ4n) is 1.73. The predicted octanol–water partition coefficient (Wildman–Crippen LogP) is 3.51. The van der Waals surface area contributed by atoms with Crippen LogP contribution in [0.4, 0.5) is 0 Å². The molecule has 2 rings (SSSR count). The molecule has 0 aliphatic carbocycles. The van der Waals surface area contributed by atoms with Crippen LogP contribution in [0, 0.1) is 0 Å². The van der Waals surface area contributed by atoms with Gasteiger partial charge in [0.15, 0.2) is 0 Å². The SMILES string of the molecule is C=CC[C@H](N)c1c[nH]c2ccc(Br)cc12. The lowest BCUT2D eigenvalue weighted by Gasteiger charge is -2.07. The summed E-state index contributed by atoms with van der Waals surface area (Å²) in [5.41, 5.74) is 8.32. The molecule has 0 amide bonds. The van der Waals surface area contributed by atoms with E-state index in [9.17, 15) is 0 Å². The summed E-state index contributed by atoms with van der Waals surface area (Å²) in [5.74, 6) is 0. The maximum absolute atomic E-state index is 6.06. The minimum atomic E-state index is 0.0190. The Labute approximate surface area is 97.3 Å². The Morgan fingerprint density at radius 1 is 1.53 bits per heavy atom. The first-order valence-corrected chi connectivity index (χ1v) is 5.64. The molecule has 2 nitrogen and oxygen atoms in total. The number of nitrogens with one attached hydrogen (secondary N) is 1. The molecule has 0 aliphatic heterocycles. The molecule has 0 saturated carbocycles. The van der Waals surface area contributed by atoms with Crippen LogP contribution in [0.15, 0.2) is 41.5 Å². The molecule has 0 bridgehead atoms. The molecule has 0 saturated heterocycles. The standard InChI is InChI=1S/C12H13BrN2/c1-2-3-11(14)10-7-15-12-5-4-8(13)6-9(10)12/h2,4-7,11,15H,1,3,14H2/t11-/m0/s1. The van der Waals surface area contributed by atoms with Gasteiger partial charge in [-0.1, -0.05) is 22.0 Å². The van der Waals surface area contributed by atoms with E-state index in [1.807, 2.05) is 24.4 Å². The van der Waals surface area contributed by atoms with Gasteiger partial charge in [-0.25, -0.2) is 0 Å². The summed E-state index contributed by atoms with van der Waals surface area (Å²) in [6, 6.07) is 6.17. The molecule has 15 heavy (non-hydrogen) atoms. The molecule has 1 atom stereocenters. The molecule has 0 radical (unpaired) electrons. The van der Waals surface area contributed by atoms with Crippen molar-refractivity contribution < 1.29 is 0 Å². The minimum absolute atomic E-state index is 0.0190. The molecule has 0 spiro atoms. The second-order valence-electron chi connectivity index (χ2n) is 3.56. The fraction of sp³-hybridized carbons (Fsp3) is 0.167. The van der Waals surface area contributed by atoms with Crippen molar-refractivity contribution in [3.8, 4) is 0 Å². The number of aromatic nitrogens is 1. The number of aromatic amines is 1. The molecular formula is C12H13BrN2. The van der Waals surface area contributed by atoms with Crippen molar-refractivity contribution in [1.82, 2.24) is 4.98 Å². The van der Waals surface area contributed by atoms with Crippen molar-refractivity contribution in [2.24, 2.45) is 5.73 Å². The molecule has 2 aromatic rings. The quantitative estimate of drug-likeness (QED) is 0.819. The third-order valence-electron chi connectivity index (χ3n) is 2.50. The van der Waals surface area contributed by atoms with E-state index in [1.54, 1.807) is 0 Å². The Bertz CT molecular complexity index is 487. The normalized spacial score (nSPS) is 12.9. The van der Waals surface area contributed by atoms with Crippen LogP contribution in [-0.4, -0.2) is 4.98 Å². The Hall–Kier alpha value is -1.06. The highest BCUT2D eigenvalue weighted by atomic mass is 79.9. The summed E-state index contributed by atoms with van der Waals surface area (Å²) >= 11 is 3.46. The average Bonchev–Trinajstić information content (AvgIpc) is 2.60. The van der Waals surface area contributed by atoms with E-state index in [1.165, 1.54) is 5.39 Å². The second-order valence-corrected chi connectivity index (χ2v) is 4.48. The number of nitrogens with two attached hydrogens (primary N) is 1. The third-order valence-corrected chi connectivity index (χ3v) is 2.99. The van der Waals surface area contributed by atoms with Crippen molar-refractivity contribution in [3.63, 3.8) is 0 Å². The van der Waals surface area contributed by atoms with Crippen LogP contribution in [-0.2, 0) is 0 Å². The van der Waals surface area contributed by atoms with Gasteiger partial charge >= 0.3 is 0 Å². The Balaban J connectivity index is 2.51. The highest BCUT2D eigenvalue weighted by Crippen LogP contribution is 2.27. The van der Waals surface area contributed by atoms with E-state index in [-0.39, 0.29) is 6.04 Å². The molecule has 0 unspecified atom stereocenters. The van der Waals surface area contributed by atoms with Gasteiger partial charge in [0.05, 0.1) is 0 Å². The first-order chi connectivity index (χ1) is 7.22. The second kappa shape index (κ2) is 4.21. The lowest BCUT2D eigenvalue weighted by atomic mass is 10.0. The number of benzene rings is 1. The van der Waals surface area contributed by atoms with Crippen molar-refractivity contribution in [3.05, 3.63) is 47.1 Å². The average molecular weight is 265 g/mol. The third kappa shape index (κ3) is 1.98. The highest BCUT2D eigenvalue weighted by molar-refractivity contribution is 9.10.